The van der Waals surface area contributed by atoms with E-state index in [-0.39, 0.29) is 4.90 Å². The molecule has 2 rings (SSSR count). The Morgan fingerprint density at radius 1 is 1.10 bits per heavy atom. The van der Waals surface area contributed by atoms with Gasteiger partial charge in [0.2, 0.25) is 0 Å². The van der Waals surface area contributed by atoms with Gasteiger partial charge in [0, 0.05) is 5.56 Å². The average molecular weight is 403 g/mol. The molecule has 1 aromatic carbocycles. The van der Waals surface area contributed by atoms with Crippen molar-refractivity contribution >= 4 is 88.1 Å². The minimum atomic E-state index is -4.01. The van der Waals surface area contributed by atoms with Gasteiger partial charge in [0.25, 0.3) is 5.91 Å². The minimum Gasteiger partial charge on any atom is -0.382 e. The fourth-order valence-corrected chi connectivity index (χ4v) is 3.55. The minimum absolute atomic E-state index is 0.134. The van der Waals surface area contributed by atoms with E-state index >= 15 is 4.39 Å². The van der Waals surface area contributed by atoms with Crippen molar-refractivity contribution < 1.29 is 18.7 Å². The molecule has 1 unspecified atom stereocenters. The molecule has 1 aliphatic heterocycles. The molecule has 0 saturated carbocycles. The number of hydrogen-bond acceptors (Lipinski definition) is 3. The average Bonchev–Trinajstić information content (AvgIpc) is 2.61. The Kier molecular flexibility index (Phi) is 5.81. The molecule has 1 aliphatic rings. The highest BCUT2D eigenvalue weighted by atomic mass is 35.5. The van der Waals surface area contributed by atoms with Crippen molar-refractivity contribution in [2.75, 3.05) is 0 Å². The van der Waals surface area contributed by atoms with Gasteiger partial charge in [-0.1, -0.05) is 22.0 Å². The van der Waals surface area contributed by atoms with Gasteiger partial charge in [-0.25, -0.2) is 8.78 Å². The zero-order valence-corrected chi connectivity index (χ0v) is 16.1. The number of amides is 1. The highest BCUT2D eigenvalue weighted by Crippen LogP contribution is 2.67. The summed E-state index contributed by atoms with van der Waals surface area (Å²) in [6.07, 6.45) is 0. The second-order valence-electron chi connectivity index (χ2n) is 7.19. The lowest BCUT2D eigenvalue weighted by Crippen LogP contribution is -2.87. The number of rotatable bonds is 2. The van der Waals surface area contributed by atoms with Crippen LogP contribution in [0.5, 0.6) is 0 Å². The largest absolute Gasteiger partial charge is 0.382 e. The zero-order chi connectivity index (χ0) is 23.7. The van der Waals surface area contributed by atoms with Crippen molar-refractivity contribution in [2.24, 2.45) is 0 Å². The second-order valence-corrected chi connectivity index (χ2v) is 7.60. The number of benzene rings is 1. The number of aliphatic hydroxyl groups is 1. The van der Waals surface area contributed by atoms with Crippen molar-refractivity contribution in [3.63, 3.8) is 0 Å². The first-order valence-electron chi connectivity index (χ1n) is 7.98. The van der Waals surface area contributed by atoms with Crippen molar-refractivity contribution in [2.45, 2.75) is 32.3 Å². The Hall–Kier alpha value is -1.13. The highest BCUT2D eigenvalue weighted by molar-refractivity contribution is 6.63. The van der Waals surface area contributed by atoms with Gasteiger partial charge < -0.3 is 10.0 Å². The molecule has 1 heterocycles. The number of carbonyl (C=O) groups excluding carboxylic acids is 1. The lowest BCUT2D eigenvalue weighted by atomic mass is 9.13. The molecule has 18 radical (unpaired) electrons. The summed E-state index contributed by atoms with van der Waals surface area (Å²) in [4.78, 5) is 13.3. The van der Waals surface area contributed by atoms with Gasteiger partial charge in [0.15, 0.2) is 0 Å². The molecule has 1 amide bonds. The summed E-state index contributed by atoms with van der Waals surface area (Å²) >= 11 is 5.66. The number of hydrogen-bond donors (Lipinski definition) is 1. The SMILES string of the molecule is [B]C(O)(C#N)C1(F)C([B])([B])C([B])([B])N(C(=O)c2ccc(F)c(Cl)c2)C([B])([B])C1([B])[B]. The van der Waals surface area contributed by atoms with Crippen LogP contribution in [0.25, 0.3) is 0 Å². The molecular weight excluding hydrogens is 399 g/mol. The van der Waals surface area contributed by atoms with E-state index in [1.54, 1.807) is 0 Å². The van der Waals surface area contributed by atoms with Crippen LogP contribution in [0, 0.1) is 17.1 Å². The lowest BCUT2D eigenvalue weighted by molar-refractivity contribution is -0.0910. The van der Waals surface area contributed by atoms with E-state index < -0.39 is 54.6 Å². The lowest BCUT2D eigenvalue weighted by Gasteiger charge is -2.77. The van der Waals surface area contributed by atoms with Gasteiger partial charge in [-0.05, 0) is 28.9 Å². The second kappa shape index (κ2) is 6.94. The Balaban J connectivity index is 2.85. The summed E-state index contributed by atoms with van der Waals surface area (Å²) in [6, 6.07) is 3.58. The van der Waals surface area contributed by atoms with E-state index in [1.165, 1.54) is 0 Å². The van der Waals surface area contributed by atoms with Crippen molar-refractivity contribution in [1.82, 2.24) is 4.90 Å². The van der Waals surface area contributed by atoms with Crippen molar-refractivity contribution in [3.05, 3.63) is 34.6 Å². The summed E-state index contributed by atoms with van der Waals surface area (Å²) in [5.74, 6) is -2.18. The maximum absolute atomic E-state index is 16.2. The molecule has 0 spiro atoms. The van der Waals surface area contributed by atoms with Gasteiger partial charge in [0.1, 0.15) is 24.8 Å². The van der Waals surface area contributed by atoms with Gasteiger partial charge >= 0.3 is 0 Å². The van der Waals surface area contributed by atoms with E-state index in [0.717, 1.165) is 24.3 Å². The first-order valence-corrected chi connectivity index (χ1v) is 8.35. The van der Waals surface area contributed by atoms with Crippen LogP contribution >= 0.6 is 11.6 Å². The summed E-state index contributed by atoms with van der Waals surface area (Å²) in [5, 5.41) is 5.98. The van der Waals surface area contributed by atoms with Gasteiger partial charge in [-0.3, -0.25) is 4.79 Å². The highest BCUT2D eigenvalue weighted by Gasteiger charge is 2.75. The van der Waals surface area contributed by atoms with Crippen LogP contribution in [0.3, 0.4) is 0 Å². The predicted octanol–water partition coefficient (Wildman–Crippen LogP) is -2.09. The molecule has 0 aromatic heterocycles. The molecule has 1 N–H and O–H groups in total. The smallest absolute Gasteiger partial charge is 0.252 e. The molecule has 16 heteroatoms. The summed E-state index contributed by atoms with van der Waals surface area (Å²) in [5.41, 5.74) is -8.04. The molecule has 30 heavy (non-hydrogen) atoms. The Bertz CT molecular complexity index is 924. The van der Waals surface area contributed by atoms with Crippen LogP contribution < -0.4 is 0 Å². The molecule has 0 aliphatic carbocycles. The van der Waals surface area contributed by atoms with E-state index in [2.05, 4.69) is 0 Å². The fraction of sp³-hybridized carbons (Fsp3) is 0.429. The number of likely N-dealkylation sites (tertiary alicyclic amines) is 1. The summed E-state index contributed by atoms with van der Waals surface area (Å²) in [7, 11) is 51.8. The third-order valence-electron chi connectivity index (χ3n) is 5.27. The van der Waals surface area contributed by atoms with Crippen LogP contribution in [0.1, 0.15) is 10.4 Å². The van der Waals surface area contributed by atoms with E-state index in [4.69, 9.17) is 87.5 Å². The number of carbonyl (C=O) groups is 1. The third kappa shape index (κ3) is 2.82. The van der Waals surface area contributed by atoms with Gasteiger partial charge in [-0.15, -0.1) is 0 Å². The third-order valence-corrected chi connectivity index (χ3v) is 5.56. The standard InChI is InChI=1S/C14H4B9ClF2N2O2/c15-9(30,4-27)10(26)11(16,17)13(20,21)28(14(22,23)12(10,18)19)8(29)5-1-2-7(25)6(24)3-5/h1-3,30H. The molecular formula is C14H4B9ClF2N2O2. The first-order chi connectivity index (χ1) is 13.3. The van der Waals surface area contributed by atoms with E-state index in [0.29, 0.717) is 0 Å². The van der Waals surface area contributed by atoms with Crippen LogP contribution in [0.15, 0.2) is 18.2 Å². The topological polar surface area (TPSA) is 64.3 Å². The normalized spacial score (nSPS) is 24.8. The number of nitrogens with zero attached hydrogens (tertiary/aromatic N) is 2. The van der Waals surface area contributed by atoms with Crippen LogP contribution in [0.4, 0.5) is 8.78 Å². The maximum Gasteiger partial charge on any atom is 0.252 e. The van der Waals surface area contributed by atoms with Crippen LogP contribution in [-0.4, -0.2) is 108 Å². The van der Waals surface area contributed by atoms with Crippen molar-refractivity contribution in [3.8, 4) is 6.07 Å². The first kappa shape index (κ1) is 25.1. The van der Waals surface area contributed by atoms with Crippen molar-refractivity contribution in [1.29, 1.82) is 5.26 Å². The van der Waals surface area contributed by atoms with Crippen LogP contribution in [0.2, 0.25) is 15.5 Å². The van der Waals surface area contributed by atoms with E-state index in [9.17, 15) is 14.3 Å². The Labute approximate surface area is 189 Å². The predicted molar refractivity (Wildman–Crippen MR) is 115 cm³/mol. The fourth-order valence-electron chi connectivity index (χ4n) is 3.37. The summed E-state index contributed by atoms with van der Waals surface area (Å²) < 4.78 is 29.7. The molecule has 130 valence electrons. The van der Waals surface area contributed by atoms with E-state index in [1.807, 2.05) is 0 Å². The van der Waals surface area contributed by atoms with Gasteiger partial charge in [0.05, 0.1) is 73.9 Å². The molecule has 1 saturated heterocycles. The zero-order valence-electron chi connectivity index (χ0n) is 15.3. The number of halogens is 3. The number of nitriles is 1. The molecule has 0 bridgehead atoms. The molecule has 1 fully saturated rings. The monoisotopic (exact) mass is 404 g/mol. The Morgan fingerprint density at radius 3 is 1.90 bits per heavy atom. The van der Waals surface area contributed by atoms with Gasteiger partial charge in [-0.2, -0.15) is 5.26 Å². The quantitative estimate of drug-likeness (QED) is 0.456. The molecule has 1 atom stereocenters. The number of alkyl halides is 1. The molecule has 4 nitrogen and oxygen atoms in total. The molecule has 1 aromatic rings. The Morgan fingerprint density at radius 2 is 1.53 bits per heavy atom. The maximum atomic E-state index is 16.2. The number of piperidine rings is 1. The summed E-state index contributed by atoms with van der Waals surface area (Å²) in [6.45, 7) is 0. The van der Waals surface area contributed by atoms with Crippen LogP contribution in [-0.2, 0) is 0 Å².